The smallest absolute Gasteiger partial charge is 0.200 e. The van der Waals surface area contributed by atoms with Gasteiger partial charge in [0.1, 0.15) is 0 Å². The lowest BCUT2D eigenvalue weighted by atomic mass is 9.80. The molecule has 2 unspecified atom stereocenters. The van der Waals surface area contributed by atoms with E-state index < -0.39 is 46.4 Å². The summed E-state index contributed by atoms with van der Waals surface area (Å²) < 4.78 is 74.1. The second-order valence-electron chi connectivity index (χ2n) is 7.48. The summed E-state index contributed by atoms with van der Waals surface area (Å²) in [5.74, 6) is -12.5. The first-order chi connectivity index (χ1) is 13.9. The van der Waals surface area contributed by atoms with Gasteiger partial charge in [-0.25, -0.2) is 22.0 Å². The summed E-state index contributed by atoms with van der Waals surface area (Å²) in [6, 6.07) is 9.33. The van der Waals surface area contributed by atoms with Gasteiger partial charge in [-0.05, 0) is 18.4 Å². The number of carbonyl (C=O) groups is 1. The Morgan fingerprint density at radius 3 is 1.93 bits per heavy atom. The Morgan fingerprint density at radius 2 is 1.38 bits per heavy atom. The van der Waals surface area contributed by atoms with Gasteiger partial charge in [0.15, 0.2) is 29.1 Å². The van der Waals surface area contributed by atoms with Crippen LogP contribution in [0, 0.1) is 35.0 Å². The third kappa shape index (κ3) is 3.55. The van der Waals surface area contributed by atoms with E-state index in [1.54, 1.807) is 0 Å². The van der Waals surface area contributed by atoms with Crippen LogP contribution in [0.15, 0.2) is 30.3 Å². The van der Waals surface area contributed by atoms with Crippen molar-refractivity contribution in [2.24, 2.45) is 5.92 Å². The van der Waals surface area contributed by atoms with Crippen molar-refractivity contribution in [1.29, 1.82) is 0 Å². The minimum atomic E-state index is -2.26. The average Bonchev–Trinajstić information content (AvgIpc) is 2.71. The summed E-state index contributed by atoms with van der Waals surface area (Å²) in [6.45, 7) is 1.30. The van der Waals surface area contributed by atoms with Crippen LogP contribution in [-0.2, 0) is 11.3 Å². The topological polar surface area (TPSA) is 29.5 Å². The van der Waals surface area contributed by atoms with E-state index in [0.717, 1.165) is 5.56 Å². The molecule has 2 saturated heterocycles. The van der Waals surface area contributed by atoms with Crippen molar-refractivity contribution in [1.82, 2.24) is 4.90 Å². The monoisotopic (exact) mass is 411 g/mol. The number of nitrogens with zero attached hydrogens (tertiary/aromatic N) is 1. The molecule has 2 heterocycles. The summed E-state index contributed by atoms with van der Waals surface area (Å²) >= 11 is 0. The fourth-order valence-electron chi connectivity index (χ4n) is 4.28. The minimum absolute atomic E-state index is 0.182. The first-order valence-corrected chi connectivity index (χ1v) is 9.31. The number of rotatable bonds is 4. The molecular weight excluding hydrogens is 393 g/mol. The molecule has 0 aliphatic carbocycles. The highest BCUT2D eigenvalue weighted by atomic mass is 19.2. The second-order valence-corrected chi connectivity index (χ2v) is 7.48. The Morgan fingerprint density at radius 1 is 0.862 bits per heavy atom. The maximum Gasteiger partial charge on any atom is 0.200 e. The molecule has 3 nitrogen and oxygen atoms in total. The van der Waals surface area contributed by atoms with Crippen LogP contribution >= 0.6 is 0 Å². The number of piperidine rings is 1. The molecule has 2 aromatic carbocycles. The number of hydrogen-bond donors (Lipinski definition) is 0. The molecule has 0 N–H and O–H groups in total. The number of ketones is 1. The van der Waals surface area contributed by atoms with Crippen molar-refractivity contribution in [3.63, 3.8) is 0 Å². The summed E-state index contributed by atoms with van der Waals surface area (Å²) in [5, 5.41) is 0. The molecule has 0 aromatic heterocycles. The number of halogens is 5. The van der Waals surface area contributed by atoms with Gasteiger partial charge in [-0.2, -0.15) is 0 Å². The summed E-state index contributed by atoms with van der Waals surface area (Å²) in [5.41, 5.74) is -0.268. The highest BCUT2D eigenvalue weighted by molar-refractivity contribution is 5.98. The van der Waals surface area contributed by atoms with E-state index in [2.05, 4.69) is 4.90 Å². The van der Waals surface area contributed by atoms with Gasteiger partial charge >= 0.3 is 0 Å². The lowest BCUT2D eigenvalue weighted by molar-refractivity contribution is -0.0873. The zero-order chi connectivity index (χ0) is 20.7. The van der Waals surface area contributed by atoms with Gasteiger partial charge in [0.25, 0.3) is 0 Å². The van der Waals surface area contributed by atoms with E-state index in [4.69, 9.17) is 4.74 Å². The predicted molar refractivity (Wildman–Crippen MR) is 93.7 cm³/mol. The van der Waals surface area contributed by atoms with Crippen LogP contribution in [0.3, 0.4) is 0 Å². The largest absolute Gasteiger partial charge is 0.378 e. The number of benzene rings is 2. The lowest BCUT2D eigenvalue weighted by Crippen LogP contribution is -2.57. The fourth-order valence-corrected chi connectivity index (χ4v) is 4.28. The highest BCUT2D eigenvalue weighted by Crippen LogP contribution is 2.36. The Hall–Kier alpha value is -2.32. The van der Waals surface area contributed by atoms with Crippen molar-refractivity contribution in [2.45, 2.75) is 31.5 Å². The molecule has 2 aliphatic rings. The standard InChI is InChI=1S/C21H18F5NO2/c22-16-15(17(23)19(25)20(26)18(16)24)21(28)12-6-13-9-29-10-14(7-12)27(13)8-11-4-2-1-3-5-11/h1-5,12-14H,6-10H2. The van der Waals surface area contributed by atoms with Crippen LogP contribution in [0.25, 0.3) is 0 Å². The molecular formula is C21H18F5NO2. The SMILES string of the molecule is O=C(c1c(F)c(F)c(F)c(F)c1F)C1CC2COCC(C1)N2Cc1ccccc1. The van der Waals surface area contributed by atoms with E-state index in [9.17, 15) is 26.7 Å². The molecule has 2 aliphatic heterocycles. The van der Waals surface area contributed by atoms with Crippen LogP contribution in [0.4, 0.5) is 22.0 Å². The Balaban J connectivity index is 1.59. The first kappa shape index (κ1) is 20.0. The van der Waals surface area contributed by atoms with Gasteiger partial charge in [0.2, 0.25) is 5.82 Å². The Labute approximate surface area is 164 Å². The van der Waals surface area contributed by atoms with Crippen LogP contribution in [0.1, 0.15) is 28.8 Å². The van der Waals surface area contributed by atoms with E-state index >= 15 is 0 Å². The van der Waals surface area contributed by atoms with Crippen LogP contribution < -0.4 is 0 Å². The predicted octanol–water partition coefficient (Wildman–Crippen LogP) is 4.24. The molecule has 0 amide bonds. The molecule has 2 fully saturated rings. The van der Waals surface area contributed by atoms with Gasteiger partial charge in [-0.3, -0.25) is 9.69 Å². The van der Waals surface area contributed by atoms with Gasteiger partial charge in [0, 0.05) is 24.5 Å². The summed E-state index contributed by atoms with van der Waals surface area (Å²) in [7, 11) is 0. The number of hydrogen-bond acceptors (Lipinski definition) is 3. The van der Waals surface area contributed by atoms with E-state index in [-0.39, 0.29) is 24.9 Å². The molecule has 4 rings (SSSR count). The zero-order valence-electron chi connectivity index (χ0n) is 15.3. The number of Topliss-reactive ketones (excluding diaryl/α,β-unsaturated/α-hetero) is 1. The van der Waals surface area contributed by atoms with Crippen LogP contribution in [0.5, 0.6) is 0 Å². The normalized spacial score (nSPS) is 24.5. The quantitative estimate of drug-likeness (QED) is 0.326. The van der Waals surface area contributed by atoms with E-state index in [1.165, 1.54) is 0 Å². The van der Waals surface area contributed by atoms with Crippen LogP contribution in [0.2, 0.25) is 0 Å². The Bertz CT molecular complexity index is 893. The summed E-state index contributed by atoms with van der Waals surface area (Å²) in [6.07, 6.45) is 0.448. The highest BCUT2D eigenvalue weighted by Gasteiger charge is 2.43. The van der Waals surface area contributed by atoms with E-state index in [1.807, 2.05) is 30.3 Å². The molecule has 8 heteroatoms. The van der Waals surface area contributed by atoms with E-state index in [0.29, 0.717) is 19.8 Å². The fraction of sp³-hybridized carbons (Fsp3) is 0.381. The van der Waals surface area contributed by atoms with Crippen molar-refractivity contribution in [3.8, 4) is 0 Å². The van der Waals surface area contributed by atoms with Crippen molar-refractivity contribution < 1.29 is 31.5 Å². The van der Waals surface area contributed by atoms with Crippen molar-refractivity contribution in [3.05, 3.63) is 70.5 Å². The third-order valence-electron chi connectivity index (χ3n) is 5.71. The first-order valence-electron chi connectivity index (χ1n) is 9.31. The third-order valence-corrected chi connectivity index (χ3v) is 5.71. The van der Waals surface area contributed by atoms with Crippen molar-refractivity contribution >= 4 is 5.78 Å². The maximum absolute atomic E-state index is 14.1. The van der Waals surface area contributed by atoms with Gasteiger partial charge in [0.05, 0.1) is 18.8 Å². The zero-order valence-corrected chi connectivity index (χ0v) is 15.3. The second kappa shape index (κ2) is 7.84. The molecule has 154 valence electrons. The average molecular weight is 411 g/mol. The number of ether oxygens (including phenoxy) is 1. The van der Waals surface area contributed by atoms with Gasteiger partial charge < -0.3 is 4.74 Å². The van der Waals surface area contributed by atoms with Gasteiger partial charge in [-0.15, -0.1) is 0 Å². The Kier molecular flexibility index (Phi) is 5.40. The molecule has 0 saturated carbocycles. The minimum Gasteiger partial charge on any atom is -0.378 e. The molecule has 0 spiro atoms. The van der Waals surface area contributed by atoms with Crippen molar-refractivity contribution in [2.75, 3.05) is 13.2 Å². The van der Waals surface area contributed by atoms with Crippen LogP contribution in [-0.4, -0.2) is 36.0 Å². The molecule has 2 bridgehead atoms. The number of morpholine rings is 1. The molecule has 2 aromatic rings. The lowest BCUT2D eigenvalue weighted by Gasteiger charge is -2.48. The van der Waals surface area contributed by atoms with Gasteiger partial charge in [-0.1, -0.05) is 30.3 Å². The number of carbonyl (C=O) groups excluding carboxylic acids is 1. The molecule has 29 heavy (non-hydrogen) atoms. The number of fused-ring (bicyclic) bond motifs is 2. The maximum atomic E-state index is 14.1. The summed E-state index contributed by atoms with van der Waals surface area (Å²) in [4.78, 5) is 14.9. The molecule has 2 atom stereocenters. The molecule has 0 radical (unpaired) electrons.